The lowest BCUT2D eigenvalue weighted by Gasteiger charge is -2.14. The van der Waals surface area contributed by atoms with Gasteiger partial charge in [-0.3, -0.25) is 0 Å². The van der Waals surface area contributed by atoms with Crippen LogP contribution in [0.25, 0.3) is 0 Å². The number of hydrogen-bond donors (Lipinski definition) is 1. The van der Waals surface area contributed by atoms with Crippen molar-refractivity contribution in [1.82, 2.24) is 0 Å². The zero-order valence-electron chi connectivity index (χ0n) is 8.22. The summed E-state index contributed by atoms with van der Waals surface area (Å²) >= 11 is 6.01. The Kier molecular flexibility index (Phi) is 2.41. The second-order valence-electron chi connectivity index (χ2n) is 4.04. The minimum Gasteiger partial charge on any atom is -0.490 e. The summed E-state index contributed by atoms with van der Waals surface area (Å²) in [5, 5.41) is 0.661. The fourth-order valence-corrected chi connectivity index (χ4v) is 1.60. The van der Waals surface area contributed by atoms with Gasteiger partial charge >= 0.3 is 0 Å². The molecule has 0 unspecified atom stereocenters. The summed E-state index contributed by atoms with van der Waals surface area (Å²) in [6.07, 6.45) is 2.10. The molecule has 76 valence electrons. The first-order valence-electron chi connectivity index (χ1n) is 4.78. The molecule has 0 radical (unpaired) electrons. The number of hydrogen-bond acceptors (Lipinski definition) is 2. The van der Waals surface area contributed by atoms with E-state index in [1.165, 1.54) is 0 Å². The first-order chi connectivity index (χ1) is 6.61. The molecule has 0 amide bonds. The molecular weight excluding hydrogens is 198 g/mol. The summed E-state index contributed by atoms with van der Waals surface area (Å²) in [5.74, 6) is 0.769. The van der Waals surface area contributed by atoms with Crippen LogP contribution in [0, 0.1) is 6.92 Å². The van der Waals surface area contributed by atoms with Crippen LogP contribution in [0.5, 0.6) is 5.75 Å². The van der Waals surface area contributed by atoms with Crippen LogP contribution in [0.15, 0.2) is 18.2 Å². The maximum atomic E-state index is 6.01. The zero-order valence-corrected chi connectivity index (χ0v) is 8.97. The number of ether oxygens (including phenoxy) is 1. The van der Waals surface area contributed by atoms with E-state index in [1.807, 2.05) is 25.1 Å². The molecule has 1 aliphatic carbocycles. The Hall–Kier alpha value is -0.730. The van der Waals surface area contributed by atoms with Crippen molar-refractivity contribution in [2.45, 2.75) is 25.3 Å². The normalized spacial score (nSPS) is 17.9. The highest BCUT2D eigenvalue weighted by atomic mass is 35.5. The molecule has 0 spiro atoms. The molecule has 1 aliphatic rings. The monoisotopic (exact) mass is 211 g/mol. The molecule has 2 rings (SSSR count). The number of para-hydroxylation sites is 1. The van der Waals surface area contributed by atoms with E-state index in [2.05, 4.69) is 0 Å². The van der Waals surface area contributed by atoms with Gasteiger partial charge in [-0.25, -0.2) is 0 Å². The average molecular weight is 212 g/mol. The fourth-order valence-electron chi connectivity index (χ4n) is 1.32. The molecular formula is C11H14ClNO. The van der Waals surface area contributed by atoms with Crippen molar-refractivity contribution < 1.29 is 4.74 Å². The van der Waals surface area contributed by atoms with Gasteiger partial charge in [0.1, 0.15) is 12.4 Å². The van der Waals surface area contributed by atoms with Gasteiger partial charge in [0.25, 0.3) is 0 Å². The lowest BCUT2D eigenvalue weighted by Crippen LogP contribution is -2.29. The molecule has 1 aromatic rings. The van der Waals surface area contributed by atoms with Crippen LogP contribution in [0.3, 0.4) is 0 Å². The molecule has 0 heterocycles. The molecule has 0 saturated heterocycles. The average Bonchev–Trinajstić information content (AvgIpc) is 2.83. The molecule has 0 bridgehead atoms. The van der Waals surface area contributed by atoms with Crippen molar-refractivity contribution >= 4 is 11.6 Å². The summed E-state index contributed by atoms with van der Waals surface area (Å²) in [7, 11) is 0. The Morgan fingerprint density at radius 2 is 2.21 bits per heavy atom. The quantitative estimate of drug-likeness (QED) is 0.834. The van der Waals surface area contributed by atoms with Gasteiger partial charge in [0.05, 0.1) is 10.6 Å². The van der Waals surface area contributed by atoms with Crippen LogP contribution in [-0.4, -0.2) is 12.1 Å². The minimum atomic E-state index is -0.0917. The van der Waals surface area contributed by atoms with E-state index in [4.69, 9.17) is 22.1 Å². The third-order valence-electron chi connectivity index (χ3n) is 2.56. The third kappa shape index (κ3) is 2.02. The maximum absolute atomic E-state index is 6.01. The summed E-state index contributed by atoms with van der Waals surface area (Å²) in [4.78, 5) is 0. The molecule has 1 fully saturated rings. The van der Waals surface area contributed by atoms with Crippen molar-refractivity contribution in [3.05, 3.63) is 28.8 Å². The number of aryl methyl sites for hydroxylation is 1. The summed E-state index contributed by atoms with van der Waals surface area (Å²) in [6.45, 7) is 2.55. The first-order valence-corrected chi connectivity index (χ1v) is 5.15. The Morgan fingerprint density at radius 3 is 2.79 bits per heavy atom. The Bertz CT molecular complexity index is 327. The maximum Gasteiger partial charge on any atom is 0.140 e. The number of rotatable bonds is 3. The minimum absolute atomic E-state index is 0.0917. The molecule has 14 heavy (non-hydrogen) atoms. The fraction of sp³-hybridized carbons (Fsp3) is 0.455. The van der Waals surface area contributed by atoms with E-state index in [9.17, 15) is 0 Å². The number of nitrogens with two attached hydrogens (primary N) is 1. The molecule has 2 nitrogen and oxygen atoms in total. The van der Waals surface area contributed by atoms with Crippen LogP contribution in [-0.2, 0) is 0 Å². The van der Waals surface area contributed by atoms with Gasteiger partial charge in [0, 0.05) is 0 Å². The summed E-state index contributed by atoms with van der Waals surface area (Å²) in [6, 6.07) is 5.73. The lowest BCUT2D eigenvalue weighted by molar-refractivity contribution is 0.278. The summed E-state index contributed by atoms with van der Waals surface area (Å²) in [5.41, 5.74) is 6.89. The van der Waals surface area contributed by atoms with Gasteiger partial charge in [0.2, 0.25) is 0 Å². The molecule has 0 aromatic heterocycles. The van der Waals surface area contributed by atoms with E-state index in [-0.39, 0.29) is 5.54 Å². The standard InChI is InChI=1S/C11H14ClNO/c1-8-3-2-4-9(12)10(8)14-7-11(13)5-6-11/h2-4H,5-7,13H2,1H3. The second kappa shape index (κ2) is 3.44. The highest BCUT2D eigenvalue weighted by molar-refractivity contribution is 6.32. The van der Waals surface area contributed by atoms with E-state index in [1.54, 1.807) is 0 Å². The number of halogens is 1. The van der Waals surface area contributed by atoms with Gasteiger partial charge < -0.3 is 10.5 Å². The predicted octanol–water partition coefficient (Wildman–Crippen LogP) is 2.52. The predicted molar refractivity (Wildman–Crippen MR) is 57.8 cm³/mol. The Balaban J connectivity index is 2.08. The Labute approximate surface area is 89.0 Å². The van der Waals surface area contributed by atoms with Crippen molar-refractivity contribution in [2.75, 3.05) is 6.61 Å². The van der Waals surface area contributed by atoms with E-state index in [0.29, 0.717) is 11.6 Å². The van der Waals surface area contributed by atoms with Crippen molar-refractivity contribution in [3.8, 4) is 5.75 Å². The van der Waals surface area contributed by atoms with Crippen LogP contribution in [0.2, 0.25) is 5.02 Å². The van der Waals surface area contributed by atoms with Gasteiger partial charge in [-0.05, 0) is 31.4 Å². The highest BCUT2D eigenvalue weighted by Gasteiger charge is 2.39. The lowest BCUT2D eigenvalue weighted by atomic mass is 10.2. The zero-order chi connectivity index (χ0) is 10.2. The van der Waals surface area contributed by atoms with Crippen molar-refractivity contribution in [3.63, 3.8) is 0 Å². The van der Waals surface area contributed by atoms with Crippen LogP contribution >= 0.6 is 11.6 Å². The largest absolute Gasteiger partial charge is 0.490 e. The van der Waals surface area contributed by atoms with E-state index in [0.717, 1.165) is 24.2 Å². The second-order valence-corrected chi connectivity index (χ2v) is 4.44. The van der Waals surface area contributed by atoms with E-state index >= 15 is 0 Å². The topological polar surface area (TPSA) is 35.2 Å². The van der Waals surface area contributed by atoms with Crippen LogP contribution in [0.4, 0.5) is 0 Å². The summed E-state index contributed by atoms with van der Waals surface area (Å²) < 4.78 is 5.64. The van der Waals surface area contributed by atoms with Gasteiger partial charge in [-0.1, -0.05) is 23.7 Å². The van der Waals surface area contributed by atoms with Crippen LogP contribution in [0.1, 0.15) is 18.4 Å². The molecule has 0 atom stereocenters. The van der Waals surface area contributed by atoms with Gasteiger partial charge in [-0.2, -0.15) is 0 Å². The van der Waals surface area contributed by atoms with Gasteiger partial charge in [-0.15, -0.1) is 0 Å². The van der Waals surface area contributed by atoms with Crippen LogP contribution < -0.4 is 10.5 Å². The third-order valence-corrected chi connectivity index (χ3v) is 2.86. The van der Waals surface area contributed by atoms with Crippen molar-refractivity contribution in [2.24, 2.45) is 5.73 Å². The molecule has 2 N–H and O–H groups in total. The molecule has 3 heteroatoms. The SMILES string of the molecule is Cc1cccc(Cl)c1OCC1(N)CC1. The molecule has 1 aromatic carbocycles. The molecule has 1 saturated carbocycles. The number of benzene rings is 1. The van der Waals surface area contributed by atoms with Crippen molar-refractivity contribution in [1.29, 1.82) is 0 Å². The highest BCUT2D eigenvalue weighted by Crippen LogP contribution is 2.35. The smallest absolute Gasteiger partial charge is 0.140 e. The molecule has 0 aliphatic heterocycles. The van der Waals surface area contributed by atoms with Gasteiger partial charge in [0.15, 0.2) is 0 Å². The Morgan fingerprint density at radius 1 is 1.50 bits per heavy atom. The first kappa shape index (κ1) is 9.81. The van der Waals surface area contributed by atoms with E-state index < -0.39 is 0 Å².